The summed E-state index contributed by atoms with van der Waals surface area (Å²) in [7, 11) is 2.93. The van der Waals surface area contributed by atoms with Gasteiger partial charge < -0.3 is 34.8 Å². The van der Waals surface area contributed by atoms with Gasteiger partial charge in [-0.15, -0.1) is 0 Å². The molecule has 6 rings (SSSR count). The van der Waals surface area contributed by atoms with E-state index < -0.39 is 11.1 Å². The number of ether oxygens (including phenoxy) is 2. The zero-order chi connectivity index (χ0) is 31.1. The number of hydrogen-bond donors (Lipinski definition) is 4. The molecule has 4 N–H and O–H groups in total. The molecule has 5 unspecified atom stereocenters. The minimum absolute atomic E-state index is 0.0141. The van der Waals surface area contributed by atoms with Crippen LogP contribution in [0.15, 0.2) is 53.3 Å². The van der Waals surface area contributed by atoms with Gasteiger partial charge in [-0.05, 0) is 61.1 Å². The van der Waals surface area contributed by atoms with Crippen molar-refractivity contribution in [2.24, 2.45) is 11.8 Å². The Labute approximate surface area is 254 Å². The molecule has 1 saturated heterocycles. The third-order valence-electron chi connectivity index (χ3n) is 9.15. The zero-order valence-electron chi connectivity index (χ0n) is 25.0. The maximum Gasteiger partial charge on any atom is 0.250 e. The second-order valence-electron chi connectivity index (χ2n) is 11.8. The third kappa shape index (κ3) is 5.40. The number of methoxy groups -OCH3 is 2. The molecule has 0 radical (unpaired) electrons. The highest BCUT2D eigenvalue weighted by Gasteiger charge is 2.49. The summed E-state index contributed by atoms with van der Waals surface area (Å²) in [6.07, 6.45) is 1.63. The molecular formula is C32H37N5O7. The normalized spacial score (nSPS) is 22.2. The van der Waals surface area contributed by atoms with Crippen LogP contribution in [-0.2, 0) is 29.0 Å². The Kier molecular flexibility index (Phi) is 8.06. The first kappa shape index (κ1) is 29.7. The van der Waals surface area contributed by atoms with Crippen LogP contribution in [0.4, 0.5) is 17.1 Å². The Balaban J connectivity index is 1.31. The van der Waals surface area contributed by atoms with E-state index in [2.05, 4.69) is 15.5 Å². The molecule has 0 spiro atoms. The van der Waals surface area contributed by atoms with Crippen molar-refractivity contribution in [2.45, 2.75) is 44.7 Å². The van der Waals surface area contributed by atoms with Crippen molar-refractivity contribution >= 4 is 28.9 Å². The fourth-order valence-electron chi connectivity index (χ4n) is 7.38. The van der Waals surface area contributed by atoms with Crippen molar-refractivity contribution in [3.8, 4) is 11.5 Å². The lowest BCUT2D eigenvalue weighted by Gasteiger charge is -2.54. The van der Waals surface area contributed by atoms with Gasteiger partial charge in [0.1, 0.15) is 0 Å². The molecule has 3 aromatic rings. The Morgan fingerprint density at radius 3 is 2.59 bits per heavy atom. The number of fused-ring (bicyclic) bond motifs is 8. The highest BCUT2D eigenvalue weighted by atomic mass is 16.8. The van der Waals surface area contributed by atoms with Gasteiger partial charge in [-0.3, -0.25) is 14.4 Å². The fraction of sp³-hybridized carbons (Fsp3) is 0.406. The van der Waals surface area contributed by atoms with Crippen LogP contribution in [0.5, 0.6) is 11.5 Å². The number of quaternary nitrogens is 1. The number of nitrogens with one attached hydrogen (secondary N) is 3. The number of hydrogen-bond acceptors (Lipinski definition) is 8. The molecule has 12 heteroatoms. The number of benzene rings is 2. The largest absolute Gasteiger partial charge is 0.595 e. The number of carbonyl (C=O) groups is 2. The van der Waals surface area contributed by atoms with E-state index in [-0.39, 0.29) is 53.9 Å². The number of nitrogens with zero attached hydrogens (tertiary/aromatic N) is 2. The molecular weight excluding hydrogens is 566 g/mol. The van der Waals surface area contributed by atoms with Crippen LogP contribution in [0, 0.1) is 17.0 Å². The molecule has 4 heterocycles. The van der Waals surface area contributed by atoms with Gasteiger partial charge in [-0.1, -0.05) is 6.07 Å². The summed E-state index contributed by atoms with van der Waals surface area (Å²) in [5.41, 5.74) is 4.24. The van der Waals surface area contributed by atoms with E-state index in [0.29, 0.717) is 42.3 Å². The molecule has 3 aliphatic heterocycles. The molecule has 2 amide bonds. The molecule has 1 aromatic heterocycles. The SMILES string of the molecule is COc1cc(CCNC(=O)C2Cc3cc(NC(C)=O)ccc3N3CC4CC(c5cccc(=O)n5C4)C23)c([NH+]([O-])O)cc1OC. The molecule has 44 heavy (non-hydrogen) atoms. The number of rotatable bonds is 8. The van der Waals surface area contributed by atoms with Gasteiger partial charge in [0.25, 0.3) is 5.56 Å². The summed E-state index contributed by atoms with van der Waals surface area (Å²) in [5.74, 6) is 0.233. The Bertz CT molecular complexity index is 1650. The van der Waals surface area contributed by atoms with Crippen molar-refractivity contribution in [1.29, 1.82) is 0 Å². The van der Waals surface area contributed by atoms with E-state index in [1.54, 1.807) is 18.2 Å². The molecule has 5 atom stereocenters. The summed E-state index contributed by atoms with van der Waals surface area (Å²) < 4.78 is 12.5. The minimum Gasteiger partial charge on any atom is -0.595 e. The van der Waals surface area contributed by atoms with E-state index in [0.717, 1.165) is 23.4 Å². The first-order valence-electron chi connectivity index (χ1n) is 14.8. The summed E-state index contributed by atoms with van der Waals surface area (Å²) in [5, 5.41) is 26.6. The summed E-state index contributed by atoms with van der Waals surface area (Å²) in [4.78, 5) is 41.0. The molecule has 2 aromatic carbocycles. The van der Waals surface area contributed by atoms with Gasteiger partial charge in [0.2, 0.25) is 11.8 Å². The molecule has 3 aliphatic rings. The van der Waals surface area contributed by atoms with Gasteiger partial charge in [-0.2, -0.15) is 5.23 Å². The van der Waals surface area contributed by atoms with Gasteiger partial charge in [0.05, 0.1) is 20.1 Å². The third-order valence-corrected chi connectivity index (χ3v) is 9.15. The van der Waals surface area contributed by atoms with E-state index in [9.17, 15) is 24.8 Å². The Hall–Kier alpha value is -4.39. The summed E-state index contributed by atoms with van der Waals surface area (Å²) >= 11 is 0. The number of amides is 2. The lowest BCUT2D eigenvalue weighted by Crippen LogP contribution is -2.99. The second-order valence-corrected chi connectivity index (χ2v) is 11.8. The van der Waals surface area contributed by atoms with E-state index in [1.165, 1.54) is 27.2 Å². The topological polar surface area (TPSA) is 150 Å². The van der Waals surface area contributed by atoms with Gasteiger partial charge in [-0.25, -0.2) is 5.21 Å². The lowest BCUT2D eigenvalue weighted by atomic mass is 9.69. The van der Waals surface area contributed by atoms with E-state index in [1.807, 2.05) is 28.8 Å². The van der Waals surface area contributed by atoms with Crippen molar-refractivity contribution < 1.29 is 29.5 Å². The number of anilines is 2. The highest BCUT2D eigenvalue weighted by molar-refractivity contribution is 5.89. The summed E-state index contributed by atoms with van der Waals surface area (Å²) in [6, 6.07) is 14.1. The predicted molar refractivity (Wildman–Crippen MR) is 163 cm³/mol. The number of aromatic nitrogens is 1. The smallest absolute Gasteiger partial charge is 0.250 e. The van der Waals surface area contributed by atoms with E-state index >= 15 is 0 Å². The number of piperidine rings is 1. The first-order chi connectivity index (χ1) is 21.2. The standard InChI is InChI=1S/C32H37N5O7/c1-18(38)34-22-7-8-25-21(12-22)13-24(31-23-11-19(17-36(25)31)16-35-26(23)5-4-6-30(35)39)32(40)33-10-9-20-14-28(43-2)29(44-3)15-27(20)37(41)42/h4-8,12,14-15,19,23-24,31,37,41H,9-11,13,16-17H2,1-3H3,(H,33,40)(H,34,38). The Morgan fingerprint density at radius 1 is 1.09 bits per heavy atom. The highest BCUT2D eigenvalue weighted by Crippen LogP contribution is 2.48. The molecule has 2 bridgehead atoms. The molecule has 0 aliphatic carbocycles. The minimum atomic E-state index is -1.09. The summed E-state index contributed by atoms with van der Waals surface area (Å²) in [6.45, 7) is 3.04. The van der Waals surface area contributed by atoms with Crippen LogP contribution >= 0.6 is 0 Å². The van der Waals surface area contributed by atoms with Crippen molar-refractivity contribution in [1.82, 2.24) is 9.88 Å². The second kappa shape index (κ2) is 11.9. The van der Waals surface area contributed by atoms with E-state index in [4.69, 9.17) is 9.47 Å². The van der Waals surface area contributed by atoms with Crippen molar-refractivity contribution in [3.05, 3.63) is 80.9 Å². The van der Waals surface area contributed by atoms with Gasteiger partial charge in [0, 0.05) is 73.3 Å². The Morgan fingerprint density at radius 2 is 1.86 bits per heavy atom. The maximum atomic E-state index is 14.1. The zero-order valence-corrected chi connectivity index (χ0v) is 25.0. The molecule has 1 fully saturated rings. The maximum absolute atomic E-state index is 14.1. The number of carbonyl (C=O) groups excluding carboxylic acids is 2. The van der Waals surface area contributed by atoms with Crippen LogP contribution in [-0.4, -0.2) is 54.9 Å². The average molecular weight is 604 g/mol. The molecule has 0 saturated carbocycles. The van der Waals surface area contributed by atoms with Crippen molar-refractivity contribution in [2.75, 3.05) is 37.5 Å². The van der Waals surface area contributed by atoms with Crippen LogP contribution in [0.2, 0.25) is 0 Å². The van der Waals surface area contributed by atoms with Crippen LogP contribution < -0.4 is 35.8 Å². The van der Waals surface area contributed by atoms with Crippen LogP contribution in [0.1, 0.15) is 36.1 Å². The monoisotopic (exact) mass is 603 g/mol. The van der Waals surface area contributed by atoms with Crippen LogP contribution in [0.3, 0.4) is 0 Å². The predicted octanol–water partition coefficient (Wildman–Crippen LogP) is 1.75. The lowest BCUT2D eigenvalue weighted by molar-refractivity contribution is -0.991. The van der Waals surface area contributed by atoms with Crippen molar-refractivity contribution in [3.63, 3.8) is 0 Å². The average Bonchev–Trinajstić information content (AvgIpc) is 3.00. The fourth-order valence-corrected chi connectivity index (χ4v) is 7.38. The molecule has 12 nitrogen and oxygen atoms in total. The number of pyridine rings is 1. The van der Waals surface area contributed by atoms with Crippen LogP contribution in [0.25, 0.3) is 0 Å². The first-order valence-corrected chi connectivity index (χ1v) is 14.8. The quantitative estimate of drug-likeness (QED) is 0.285. The van der Waals surface area contributed by atoms with Gasteiger partial charge >= 0.3 is 0 Å². The molecule has 232 valence electrons. The van der Waals surface area contributed by atoms with Gasteiger partial charge in [0.15, 0.2) is 17.2 Å².